The molecule has 1 aromatic rings. The summed E-state index contributed by atoms with van der Waals surface area (Å²) in [5.41, 5.74) is 6.17. The molecule has 5 N–H and O–H groups in total. The highest BCUT2D eigenvalue weighted by Crippen LogP contribution is 2.41. The quantitative estimate of drug-likeness (QED) is 0.546. The molecule has 0 heterocycles. The largest absolute Gasteiger partial charge is 0.348 e. The van der Waals surface area contributed by atoms with Gasteiger partial charge in [0.05, 0.1) is 6.54 Å². The minimum atomic E-state index is -4.37. The van der Waals surface area contributed by atoms with Gasteiger partial charge in [0, 0.05) is 11.5 Å². The second-order valence-corrected chi connectivity index (χ2v) is 6.71. The number of rotatable bonds is 7. The van der Waals surface area contributed by atoms with Crippen LogP contribution in [-0.2, 0) is 15.1 Å². The molecule has 0 aromatic heterocycles. The molecule has 106 valence electrons. The van der Waals surface area contributed by atoms with Gasteiger partial charge < -0.3 is 20.8 Å². The molecule has 6 nitrogen and oxygen atoms in total. The van der Waals surface area contributed by atoms with Crippen molar-refractivity contribution in [3.63, 3.8) is 0 Å². The van der Waals surface area contributed by atoms with Gasteiger partial charge >= 0.3 is 7.60 Å². The average Bonchev–Trinajstić information content (AvgIpc) is 2.37. The molecular formula is C11H17N2O4PS. The number of nitrogens with one attached hydrogen (secondary N) is 1. The summed E-state index contributed by atoms with van der Waals surface area (Å²) >= 11 is 1.35. The number of hydrogen-bond acceptors (Lipinski definition) is 4. The molecular weight excluding hydrogens is 287 g/mol. The third-order valence-corrected chi connectivity index (χ3v) is 4.78. The zero-order valence-corrected chi connectivity index (χ0v) is 11.9. The summed E-state index contributed by atoms with van der Waals surface area (Å²) in [6.45, 7) is -0.292. The molecule has 1 rings (SSSR count). The van der Waals surface area contributed by atoms with Gasteiger partial charge in [-0.15, -0.1) is 0 Å². The molecule has 19 heavy (non-hydrogen) atoms. The number of carbonyl (C=O) groups excluding carboxylic acids is 1. The SMILES string of the molecule is NCC(=O)NC(CSCc1ccccc1)P(=O)(O)O. The van der Waals surface area contributed by atoms with Gasteiger partial charge in [0.2, 0.25) is 5.91 Å². The van der Waals surface area contributed by atoms with Gasteiger partial charge in [-0.3, -0.25) is 9.36 Å². The molecule has 0 aliphatic rings. The fourth-order valence-electron chi connectivity index (χ4n) is 1.33. The van der Waals surface area contributed by atoms with Crippen molar-refractivity contribution in [2.75, 3.05) is 12.3 Å². The lowest BCUT2D eigenvalue weighted by Crippen LogP contribution is -2.40. The number of hydrogen-bond donors (Lipinski definition) is 4. The molecule has 1 unspecified atom stereocenters. The fourth-order valence-corrected chi connectivity index (χ4v) is 3.59. The normalized spacial score (nSPS) is 13.0. The first-order valence-electron chi connectivity index (χ1n) is 5.60. The predicted octanol–water partition coefficient (Wildman–Crippen LogP) is 0.498. The Labute approximate surface area is 115 Å². The molecule has 1 amide bonds. The maximum atomic E-state index is 11.3. The van der Waals surface area contributed by atoms with Gasteiger partial charge in [-0.25, -0.2) is 0 Å². The van der Waals surface area contributed by atoms with Crippen molar-refractivity contribution < 1.29 is 19.1 Å². The molecule has 1 atom stereocenters. The zero-order chi connectivity index (χ0) is 14.3. The number of nitrogens with two attached hydrogens (primary N) is 1. The van der Waals surface area contributed by atoms with Crippen molar-refractivity contribution in [3.8, 4) is 0 Å². The van der Waals surface area contributed by atoms with E-state index >= 15 is 0 Å². The van der Waals surface area contributed by atoms with Crippen molar-refractivity contribution in [2.24, 2.45) is 5.73 Å². The Kier molecular flexibility index (Phi) is 6.54. The smallest absolute Gasteiger partial charge is 0.340 e. The maximum Gasteiger partial charge on any atom is 0.348 e. The van der Waals surface area contributed by atoms with E-state index in [4.69, 9.17) is 15.5 Å². The number of benzene rings is 1. The van der Waals surface area contributed by atoms with E-state index in [1.807, 2.05) is 30.3 Å². The monoisotopic (exact) mass is 304 g/mol. The summed E-state index contributed by atoms with van der Waals surface area (Å²) in [5.74, 6) is -1.02. The van der Waals surface area contributed by atoms with Crippen LogP contribution in [0.3, 0.4) is 0 Å². The summed E-state index contributed by atoms with van der Waals surface area (Å²) < 4.78 is 11.3. The van der Waals surface area contributed by atoms with Crippen LogP contribution >= 0.6 is 19.4 Å². The topological polar surface area (TPSA) is 113 Å². The van der Waals surface area contributed by atoms with Gasteiger partial charge in [0.15, 0.2) is 0 Å². The third-order valence-electron chi connectivity index (χ3n) is 2.31. The van der Waals surface area contributed by atoms with E-state index in [2.05, 4.69) is 5.32 Å². The molecule has 0 fully saturated rings. The maximum absolute atomic E-state index is 11.3. The van der Waals surface area contributed by atoms with Crippen LogP contribution in [0.5, 0.6) is 0 Å². The van der Waals surface area contributed by atoms with Crippen molar-refractivity contribution in [1.82, 2.24) is 5.32 Å². The van der Waals surface area contributed by atoms with Crippen molar-refractivity contribution in [1.29, 1.82) is 0 Å². The van der Waals surface area contributed by atoms with Crippen LogP contribution in [0.1, 0.15) is 5.56 Å². The minimum Gasteiger partial charge on any atom is -0.340 e. The summed E-state index contributed by atoms with van der Waals surface area (Å²) in [7, 11) is -4.37. The number of amides is 1. The van der Waals surface area contributed by atoms with Gasteiger partial charge in [0.25, 0.3) is 0 Å². The van der Waals surface area contributed by atoms with E-state index in [0.717, 1.165) is 5.56 Å². The Bertz CT molecular complexity index is 451. The molecule has 0 bridgehead atoms. The molecule has 0 aliphatic carbocycles. The number of thioether (sulfide) groups is 1. The highest BCUT2D eigenvalue weighted by Gasteiger charge is 2.29. The van der Waals surface area contributed by atoms with Crippen LogP contribution in [0.4, 0.5) is 0 Å². The Balaban J connectivity index is 2.50. The Morgan fingerprint density at radius 2 is 2.00 bits per heavy atom. The van der Waals surface area contributed by atoms with Crippen LogP contribution in [0, 0.1) is 0 Å². The van der Waals surface area contributed by atoms with E-state index in [-0.39, 0.29) is 12.3 Å². The molecule has 0 saturated carbocycles. The first-order valence-corrected chi connectivity index (χ1v) is 8.43. The van der Waals surface area contributed by atoms with Crippen LogP contribution in [0.2, 0.25) is 0 Å². The van der Waals surface area contributed by atoms with Gasteiger partial charge in [0.1, 0.15) is 5.78 Å². The fraction of sp³-hybridized carbons (Fsp3) is 0.364. The van der Waals surface area contributed by atoms with E-state index in [1.54, 1.807) is 0 Å². The summed E-state index contributed by atoms with van der Waals surface area (Å²) in [5, 5.41) is 2.25. The Morgan fingerprint density at radius 3 is 2.53 bits per heavy atom. The predicted molar refractivity (Wildman–Crippen MR) is 75.6 cm³/mol. The summed E-state index contributed by atoms with van der Waals surface area (Å²) in [4.78, 5) is 29.4. The summed E-state index contributed by atoms with van der Waals surface area (Å²) in [6.07, 6.45) is 0. The van der Waals surface area contributed by atoms with E-state index in [1.165, 1.54) is 11.8 Å². The van der Waals surface area contributed by atoms with Crippen molar-refractivity contribution in [2.45, 2.75) is 11.5 Å². The molecule has 0 saturated heterocycles. The molecule has 0 aliphatic heterocycles. The molecule has 8 heteroatoms. The average molecular weight is 304 g/mol. The Morgan fingerprint density at radius 1 is 1.37 bits per heavy atom. The molecule has 1 aromatic carbocycles. The van der Waals surface area contributed by atoms with Crippen LogP contribution in [0.25, 0.3) is 0 Å². The zero-order valence-electron chi connectivity index (χ0n) is 10.2. The highest BCUT2D eigenvalue weighted by molar-refractivity contribution is 7.98. The van der Waals surface area contributed by atoms with E-state index < -0.39 is 19.3 Å². The Hall–Kier alpha value is -0.850. The van der Waals surface area contributed by atoms with Crippen molar-refractivity contribution >= 4 is 25.3 Å². The first kappa shape index (κ1) is 16.2. The lowest BCUT2D eigenvalue weighted by atomic mass is 10.2. The highest BCUT2D eigenvalue weighted by atomic mass is 32.2. The van der Waals surface area contributed by atoms with Crippen molar-refractivity contribution in [3.05, 3.63) is 35.9 Å². The van der Waals surface area contributed by atoms with Gasteiger partial charge in [-0.1, -0.05) is 30.3 Å². The van der Waals surface area contributed by atoms with E-state index in [9.17, 15) is 9.36 Å². The van der Waals surface area contributed by atoms with Crippen LogP contribution < -0.4 is 11.1 Å². The molecule has 0 radical (unpaired) electrons. The standard InChI is InChI=1S/C11H17N2O4PS/c12-6-10(14)13-11(18(15,16)17)8-19-7-9-4-2-1-3-5-9/h1-5,11H,6-8,12H2,(H,13,14)(H2,15,16,17). The molecule has 0 spiro atoms. The van der Waals surface area contributed by atoms with Gasteiger partial charge in [-0.05, 0) is 5.56 Å². The first-order chi connectivity index (χ1) is 8.93. The second kappa shape index (κ2) is 7.67. The van der Waals surface area contributed by atoms with E-state index in [0.29, 0.717) is 5.75 Å². The van der Waals surface area contributed by atoms with Crippen LogP contribution in [-0.4, -0.2) is 33.8 Å². The lowest BCUT2D eigenvalue weighted by Gasteiger charge is -2.19. The number of carbonyl (C=O) groups is 1. The third kappa shape index (κ3) is 6.22. The minimum absolute atomic E-state index is 0.130. The van der Waals surface area contributed by atoms with Crippen LogP contribution in [0.15, 0.2) is 30.3 Å². The second-order valence-electron chi connectivity index (χ2n) is 3.88. The summed E-state index contributed by atoms with van der Waals surface area (Å²) in [6, 6.07) is 9.54. The lowest BCUT2D eigenvalue weighted by molar-refractivity contribution is -0.119. The van der Waals surface area contributed by atoms with Gasteiger partial charge in [-0.2, -0.15) is 11.8 Å².